The third-order valence-electron chi connectivity index (χ3n) is 1.79. The van der Waals surface area contributed by atoms with E-state index in [9.17, 15) is 18.0 Å². The Morgan fingerprint density at radius 2 is 2.27 bits per heavy atom. The number of rotatable bonds is 1. The Bertz CT molecular complexity index is 337. The average molecular weight is 286 g/mol. The van der Waals surface area contributed by atoms with Gasteiger partial charge in [-0.05, 0) is 6.08 Å². The van der Waals surface area contributed by atoms with Gasteiger partial charge in [-0.1, -0.05) is 15.9 Å². The van der Waals surface area contributed by atoms with Gasteiger partial charge >= 0.3 is 12.1 Å². The van der Waals surface area contributed by atoms with E-state index in [2.05, 4.69) is 25.7 Å². The zero-order valence-electron chi connectivity index (χ0n) is 7.64. The van der Waals surface area contributed by atoms with Gasteiger partial charge < -0.3 is 4.74 Å². The van der Waals surface area contributed by atoms with Crippen LogP contribution in [0.4, 0.5) is 13.2 Å². The first-order valence-electron chi connectivity index (χ1n) is 3.87. The number of carbonyl (C=O) groups is 1. The van der Waals surface area contributed by atoms with E-state index in [0.29, 0.717) is 6.21 Å². The van der Waals surface area contributed by atoms with Crippen molar-refractivity contribution in [3.63, 3.8) is 0 Å². The van der Waals surface area contributed by atoms with E-state index in [1.54, 1.807) is 0 Å². The van der Waals surface area contributed by atoms with Crippen molar-refractivity contribution in [3.8, 4) is 0 Å². The monoisotopic (exact) mass is 285 g/mol. The van der Waals surface area contributed by atoms with Gasteiger partial charge in [0.25, 0.3) is 0 Å². The minimum atomic E-state index is -4.52. The Morgan fingerprint density at radius 3 is 2.73 bits per heavy atom. The maximum Gasteiger partial charge on any atom is 0.417 e. The number of hydrogen-bond donors (Lipinski definition) is 0. The summed E-state index contributed by atoms with van der Waals surface area (Å²) in [4.78, 5) is 14.7. The van der Waals surface area contributed by atoms with E-state index < -0.39 is 22.0 Å². The molecule has 0 aromatic carbocycles. The highest BCUT2D eigenvalue weighted by atomic mass is 79.9. The zero-order valence-corrected chi connectivity index (χ0v) is 9.22. The second kappa shape index (κ2) is 3.96. The van der Waals surface area contributed by atoms with Crippen molar-refractivity contribution in [1.82, 2.24) is 0 Å². The Kier molecular flexibility index (Phi) is 3.22. The Labute approximate surface area is 92.1 Å². The van der Waals surface area contributed by atoms with Crippen molar-refractivity contribution >= 4 is 28.1 Å². The summed E-state index contributed by atoms with van der Waals surface area (Å²) in [6.45, 7) is -0.112. The summed E-state index contributed by atoms with van der Waals surface area (Å²) in [6, 6.07) is 0. The molecule has 7 heteroatoms. The minimum absolute atomic E-state index is 0.112. The Hall–Kier alpha value is -0.850. The molecule has 0 aromatic heterocycles. The SMILES string of the molecule is COC(=O)C1(Br)C=C(C(F)(F)F)C=NC1. The highest BCUT2D eigenvalue weighted by Gasteiger charge is 2.42. The highest BCUT2D eigenvalue weighted by molar-refractivity contribution is 9.10. The second-order valence-corrected chi connectivity index (χ2v) is 4.34. The molecule has 1 aliphatic heterocycles. The van der Waals surface area contributed by atoms with Crippen LogP contribution in [0, 0.1) is 0 Å². The molecule has 0 spiro atoms. The van der Waals surface area contributed by atoms with Crippen molar-refractivity contribution in [2.75, 3.05) is 13.7 Å². The largest absolute Gasteiger partial charge is 0.468 e. The standard InChI is InChI=1S/C8H7BrF3NO2/c1-15-6(14)7(9)2-5(3-13-4-7)8(10,11)12/h2-3H,4H2,1H3. The number of carbonyl (C=O) groups excluding carboxylic acids is 1. The van der Waals surface area contributed by atoms with Crippen LogP contribution in [0.2, 0.25) is 0 Å². The van der Waals surface area contributed by atoms with Crippen molar-refractivity contribution in [2.24, 2.45) is 4.99 Å². The molecular formula is C8H7BrF3NO2. The smallest absolute Gasteiger partial charge is 0.417 e. The predicted molar refractivity (Wildman–Crippen MR) is 51.2 cm³/mol. The van der Waals surface area contributed by atoms with Crippen LogP contribution in [-0.2, 0) is 9.53 Å². The van der Waals surface area contributed by atoms with E-state index in [1.165, 1.54) is 0 Å². The number of alkyl halides is 4. The first-order chi connectivity index (χ1) is 6.79. The van der Waals surface area contributed by atoms with E-state index in [0.717, 1.165) is 13.2 Å². The summed E-state index contributed by atoms with van der Waals surface area (Å²) < 4.78 is 39.8. The van der Waals surface area contributed by atoms with Crippen LogP contribution in [0.15, 0.2) is 16.6 Å². The molecule has 1 aliphatic rings. The van der Waals surface area contributed by atoms with E-state index >= 15 is 0 Å². The highest BCUT2D eigenvalue weighted by Crippen LogP contribution is 2.33. The molecule has 84 valence electrons. The summed E-state index contributed by atoms with van der Waals surface area (Å²) >= 11 is 2.89. The van der Waals surface area contributed by atoms with Gasteiger partial charge in [-0.3, -0.25) is 9.79 Å². The summed E-state index contributed by atoms with van der Waals surface area (Å²) in [5.41, 5.74) is -0.962. The molecule has 0 amide bonds. The fourth-order valence-electron chi connectivity index (χ4n) is 1.05. The lowest BCUT2D eigenvalue weighted by Gasteiger charge is -2.23. The molecule has 0 fully saturated rings. The van der Waals surface area contributed by atoms with Gasteiger partial charge in [0.1, 0.15) is 0 Å². The third-order valence-corrected chi connectivity index (χ3v) is 2.59. The normalized spacial score (nSPS) is 26.1. The van der Waals surface area contributed by atoms with Gasteiger partial charge in [-0.15, -0.1) is 0 Å². The molecule has 0 saturated carbocycles. The summed E-state index contributed by atoms with van der Waals surface area (Å²) in [6.07, 6.45) is -3.05. The molecule has 0 aliphatic carbocycles. The molecule has 0 radical (unpaired) electrons. The van der Waals surface area contributed by atoms with Gasteiger partial charge in [0, 0.05) is 6.21 Å². The Morgan fingerprint density at radius 1 is 1.67 bits per heavy atom. The number of dihydropyridines is 1. The molecule has 0 bridgehead atoms. The van der Waals surface area contributed by atoms with Crippen molar-refractivity contribution < 1.29 is 22.7 Å². The molecule has 1 atom stereocenters. The molecule has 0 saturated heterocycles. The minimum Gasteiger partial charge on any atom is -0.468 e. The van der Waals surface area contributed by atoms with Crippen LogP contribution in [0.3, 0.4) is 0 Å². The predicted octanol–water partition coefficient (Wildman–Crippen LogP) is 1.87. The van der Waals surface area contributed by atoms with Gasteiger partial charge in [-0.25, -0.2) is 0 Å². The summed E-state index contributed by atoms with van der Waals surface area (Å²) in [5.74, 6) is -0.805. The number of halogens is 4. The molecular weight excluding hydrogens is 279 g/mol. The topological polar surface area (TPSA) is 38.7 Å². The average Bonchev–Trinajstić information content (AvgIpc) is 2.15. The first kappa shape index (κ1) is 12.2. The van der Waals surface area contributed by atoms with Gasteiger partial charge in [-0.2, -0.15) is 13.2 Å². The maximum absolute atomic E-state index is 12.3. The number of nitrogens with zero attached hydrogens (tertiary/aromatic N) is 1. The van der Waals surface area contributed by atoms with Gasteiger partial charge in [0.15, 0.2) is 4.32 Å². The number of esters is 1. The van der Waals surface area contributed by atoms with Crippen LogP contribution >= 0.6 is 15.9 Å². The quantitative estimate of drug-likeness (QED) is 0.545. The number of hydrogen-bond acceptors (Lipinski definition) is 3. The second-order valence-electron chi connectivity index (χ2n) is 2.92. The molecule has 1 rings (SSSR count). The molecule has 1 heterocycles. The number of ether oxygens (including phenoxy) is 1. The van der Waals surface area contributed by atoms with Crippen molar-refractivity contribution in [1.29, 1.82) is 0 Å². The summed E-state index contributed by atoms with van der Waals surface area (Å²) in [7, 11) is 1.10. The fraction of sp³-hybridized carbons (Fsp3) is 0.500. The molecule has 0 N–H and O–H groups in total. The van der Waals surface area contributed by atoms with Crippen LogP contribution in [-0.4, -0.2) is 36.3 Å². The molecule has 0 aromatic rings. The summed E-state index contributed by atoms with van der Waals surface area (Å²) in [5, 5.41) is 0. The van der Waals surface area contributed by atoms with Gasteiger partial charge in [0.2, 0.25) is 0 Å². The lowest BCUT2D eigenvalue weighted by molar-refractivity contribution is -0.141. The van der Waals surface area contributed by atoms with Crippen LogP contribution in [0.5, 0.6) is 0 Å². The lowest BCUT2D eigenvalue weighted by Crippen LogP contribution is -2.38. The third kappa shape index (κ3) is 2.58. The van der Waals surface area contributed by atoms with Crippen LogP contribution in [0.1, 0.15) is 0 Å². The van der Waals surface area contributed by atoms with E-state index in [4.69, 9.17) is 0 Å². The van der Waals surface area contributed by atoms with Crippen molar-refractivity contribution in [3.05, 3.63) is 11.6 Å². The van der Waals surface area contributed by atoms with Crippen molar-refractivity contribution in [2.45, 2.75) is 10.5 Å². The number of methoxy groups -OCH3 is 1. The molecule has 1 unspecified atom stereocenters. The zero-order chi connectivity index (χ0) is 11.7. The fourth-order valence-corrected chi connectivity index (χ4v) is 1.61. The Balaban J connectivity index is 3.03. The van der Waals surface area contributed by atoms with Gasteiger partial charge in [0.05, 0.1) is 19.2 Å². The van der Waals surface area contributed by atoms with E-state index in [-0.39, 0.29) is 6.54 Å². The number of aliphatic imine (C=N–C) groups is 1. The number of allylic oxidation sites excluding steroid dienone is 1. The first-order valence-corrected chi connectivity index (χ1v) is 4.66. The lowest BCUT2D eigenvalue weighted by atomic mass is 10.0. The maximum atomic E-state index is 12.3. The van der Waals surface area contributed by atoms with Crippen LogP contribution < -0.4 is 0 Å². The molecule has 15 heavy (non-hydrogen) atoms. The molecule has 3 nitrogen and oxygen atoms in total. The van der Waals surface area contributed by atoms with E-state index in [1.807, 2.05) is 0 Å². The van der Waals surface area contributed by atoms with Crippen LogP contribution in [0.25, 0.3) is 0 Å².